The molecule has 1 saturated heterocycles. The number of amides is 1. The summed E-state index contributed by atoms with van der Waals surface area (Å²) in [6.07, 6.45) is 0.672. The molecule has 1 amide bonds. The van der Waals surface area contributed by atoms with Crippen LogP contribution in [0.2, 0.25) is 5.02 Å². The summed E-state index contributed by atoms with van der Waals surface area (Å²) in [5.41, 5.74) is -0.702. The predicted molar refractivity (Wildman–Crippen MR) is 81.3 cm³/mol. The standard InChI is InChI=1S/C15H15ClN2O5/c16-11-7-10(1-2-12(11)23-8-13(19)20)18-14(21)15(9-17)3-5-22-6-4-15/h1-2,7H,3-6,8H2,(H,18,21)(H,19,20). The topological polar surface area (TPSA) is 109 Å². The van der Waals surface area contributed by atoms with Crippen molar-refractivity contribution >= 4 is 29.2 Å². The van der Waals surface area contributed by atoms with E-state index in [-0.39, 0.29) is 10.8 Å². The van der Waals surface area contributed by atoms with Crippen molar-refractivity contribution in [2.45, 2.75) is 12.8 Å². The summed E-state index contributed by atoms with van der Waals surface area (Å²) in [7, 11) is 0. The van der Waals surface area contributed by atoms with E-state index in [1.54, 1.807) is 0 Å². The number of halogens is 1. The summed E-state index contributed by atoms with van der Waals surface area (Å²) in [6.45, 7) is 0.219. The highest BCUT2D eigenvalue weighted by Gasteiger charge is 2.40. The average Bonchev–Trinajstić information content (AvgIpc) is 2.54. The van der Waals surface area contributed by atoms with Gasteiger partial charge in [-0.2, -0.15) is 5.26 Å². The van der Waals surface area contributed by atoms with E-state index in [1.807, 2.05) is 0 Å². The Bertz CT molecular complexity index is 650. The van der Waals surface area contributed by atoms with Crippen LogP contribution in [0, 0.1) is 16.7 Å². The molecule has 122 valence electrons. The molecule has 1 fully saturated rings. The van der Waals surface area contributed by atoms with Crippen LogP contribution in [0.3, 0.4) is 0 Å². The molecule has 0 radical (unpaired) electrons. The molecule has 23 heavy (non-hydrogen) atoms. The Labute approximate surface area is 137 Å². The van der Waals surface area contributed by atoms with E-state index in [9.17, 15) is 14.9 Å². The normalized spacial score (nSPS) is 16.2. The molecule has 0 saturated carbocycles. The predicted octanol–water partition coefficient (Wildman–Crippen LogP) is 2.06. The maximum Gasteiger partial charge on any atom is 0.341 e. The third kappa shape index (κ3) is 4.12. The van der Waals surface area contributed by atoms with Gasteiger partial charge in [0.15, 0.2) is 6.61 Å². The molecular weight excluding hydrogens is 324 g/mol. The van der Waals surface area contributed by atoms with Gasteiger partial charge < -0.3 is 19.9 Å². The lowest BCUT2D eigenvalue weighted by molar-refractivity contribution is -0.139. The van der Waals surface area contributed by atoms with Crippen molar-refractivity contribution in [3.05, 3.63) is 23.2 Å². The van der Waals surface area contributed by atoms with Crippen molar-refractivity contribution in [3.63, 3.8) is 0 Å². The summed E-state index contributed by atoms with van der Waals surface area (Å²) in [6, 6.07) is 6.52. The molecule has 1 aromatic rings. The number of carboxylic acid groups (broad SMARTS) is 1. The summed E-state index contributed by atoms with van der Waals surface area (Å²) in [5, 5.41) is 20.7. The van der Waals surface area contributed by atoms with Gasteiger partial charge in [0.25, 0.3) is 0 Å². The molecule has 8 heteroatoms. The minimum absolute atomic E-state index is 0.169. The van der Waals surface area contributed by atoms with Crippen LogP contribution in [-0.4, -0.2) is 36.8 Å². The van der Waals surface area contributed by atoms with Crippen LogP contribution in [0.1, 0.15) is 12.8 Å². The number of benzene rings is 1. The van der Waals surface area contributed by atoms with Crippen molar-refractivity contribution in [2.75, 3.05) is 25.1 Å². The largest absolute Gasteiger partial charge is 0.480 e. The van der Waals surface area contributed by atoms with E-state index in [4.69, 9.17) is 26.2 Å². The number of hydrogen-bond donors (Lipinski definition) is 2. The summed E-state index contributed by atoms with van der Waals surface area (Å²) < 4.78 is 10.2. The number of anilines is 1. The van der Waals surface area contributed by atoms with Crippen LogP contribution >= 0.6 is 11.6 Å². The highest BCUT2D eigenvalue weighted by molar-refractivity contribution is 6.32. The highest BCUT2D eigenvalue weighted by Crippen LogP contribution is 2.33. The van der Waals surface area contributed by atoms with Gasteiger partial charge in [0, 0.05) is 18.9 Å². The van der Waals surface area contributed by atoms with Gasteiger partial charge in [-0.25, -0.2) is 4.79 Å². The van der Waals surface area contributed by atoms with Crippen LogP contribution in [0.15, 0.2) is 18.2 Å². The molecule has 2 N–H and O–H groups in total. The quantitative estimate of drug-likeness (QED) is 0.850. The van der Waals surface area contributed by atoms with Crippen molar-refractivity contribution in [2.24, 2.45) is 5.41 Å². The van der Waals surface area contributed by atoms with E-state index in [1.165, 1.54) is 18.2 Å². The first-order valence-corrected chi connectivity index (χ1v) is 7.29. The molecule has 1 aliphatic rings. The van der Waals surface area contributed by atoms with Crippen molar-refractivity contribution in [3.8, 4) is 11.8 Å². The molecule has 0 unspecified atom stereocenters. The fourth-order valence-electron chi connectivity index (χ4n) is 2.20. The van der Waals surface area contributed by atoms with Crippen LogP contribution in [0.25, 0.3) is 0 Å². The van der Waals surface area contributed by atoms with Gasteiger partial charge in [0.1, 0.15) is 11.2 Å². The Morgan fingerprint density at radius 2 is 2.13 bits per heavy atom. The number of rotatable bonds is 5. The van der Waals surface area contributed by atoms with Gasteiger partial charge in [0.05, 0.1) is 11.1 Å². The first-order chi connectivity index (χ1) is 11.0. The maximum atomic E-state index is 12.4. The van der Waals surface area contributed by atoms with Crippen LogP contribution in [-0.2, 0) is 14.3 Å². The number of nitriles is 1. The lowest BCUT2D eigenvalue weighted by Gasteiger charge is -2.29. The second kappa shape index (κ2) is 7.31. The molecule has 0 aliphatic carbocycles. The van der Waals surface area contributed by atoms with E-state index >= 15 is 0 Å². The van der Waals surface area contributed by atoms with E-state index in [2.05, 4.69) is 11.4 Å². The third-order valence-corrected chi connectivity index (χ3v) is 3.83. The lowest BCUT2D eigenvalue weighted by atomic mass is 9.81. The second-order valence-corrected chi connectivity index (χ2v) is 5.50. The van der Waals surface area contributed by atoms with Gasteiger partial charge in [-0.15, -0.1) is 0 Å². The zero-order valence-corrected chi connectivity index (χ0v) is 12.9. The Balaban J connectivity index is 2.08. The van der Waals surface area contributed by atoms with Crippen molar-refractivity contribution in [1.29, 1.82) is 5.26 Å². The number of nitrogens with zero attached hydrogens (tertiary/aromatic N) is 1. The van der Waals surface area contributed by atoms with Crippen LogP contribution in [0.4, 0.5) is 5.69 Å². The smallest absolute Gasteiger partial charge is 0.341 e. The van der Waals surface area contributed by atoms with Gasteiger partial charge in [0.2, 0.25) is 5.91 Å². The Morgan fingerprint density at radius 3 is 2.70 bits per heavy atom. The van der Waals surface area contributed by atoms with E-state index < -0.39 is 23.9 Å². The first-order valence-electron chi connectivity index (χ1n) is 6.91. The van der Waals surface area contributed by atoms with Crippen LogP contribution < -0.4 is 10.1 Å². The Hall–Kier alpha value is -2.30. The number of aliphatic carboxylic acids is 1. The number of carbonyl (C=O) groups is 2. The number of carboxylic acids is 1. The molecule has 1 aliphatic heterocycles. The molecule has 2 rings (SSSR count). The van der Waals surface area contributed by atoms with Gasteiger partial charge >= 0.3 is 5.97 Å². The SMILES string of the molecule is N#CC1(C(=O)Nc2ccc(OCC(=O)O)c(Cl)c2)CCOCC1. The molecule has 0 bridgehead atoms. The van der Waals surface area contributed by atoms with Gasteiger partial charge in [-0.05, 0) is 31.0 Å². The van der Waals surface area contributed by atoms with Gasteiger partial charge in [-0.1, -0.05) is 11.6 Å². The molecule has 0 spiro atoms. The van der Waals surface area contributed by atoms with E-state index in [0.29, 0.717) is 31.7 Å². The minimum Gasteiger partial charge on any atom is -0.480 e. The number of hydrogen-bond acceptors (Lipinski definition) is 5. The Kier molecular flexibility index (Phi) is 5.42. The van der Waals surface area contributed by atoms with Crippen molar-refractivity contribution < 1.29 is 24.2 Å². The maximum absolute atomic E-state index is 12.4. The number of ether oxygens (including phenoxy) is 2. The lowest BCUT2D eigenvalue weighted by Crippen LogP contribution is -2.39. The first kappa shape index (κ1) is 17.1. The highest BCUT2D eigenvalue weighted by atomic mass is 35.5. The molecule has 0 aromatic heterocycles. The van der Waals surface area contributed by atoms with Crippen molar-refractivity contribution in [1.82, 2.24) is 0 Å². The molecule has 1 aromatic carbocycles. The van der Waals surface area contributed by atoms with Gasteiger partial charge in [-0.3, -0.25) is 4.79 Å². The number of nitrogens with one attached hydrogen (secondary N) is 1. The zero-order valence-electron chi connectivity index (χ0n) is 12.2. The second-order valence-electron chi connectivity index (χ2n) is 5.09. The van der Waals surface area contributed by atoms with Crippen LogP contribution in [0.5, 0.6) is 5.75 Å². The summed E-state index contributed by atoms with van der Waals surface area (Å²) in [4.78, 5) is 22.9. The average molecular weight is 339 g/mol. The zero-order chi connectivity index (χ0) is 16.9. The molecular formula is C15H15ClN2O5. The summed E-state index contributed by atoms with van der Waals surface area (Å²) >= 11 is 6.00. The monoisotopic (exact) mass is 338 g/mol. The molecule has 0 atom stereocenters. The summed E-state index contributed by atoms with van der Waals surface area (Å²) in [5.74, 6) is -1.32. The third-order valence-electron chi connectivity index (χ3n) is 3.54. The fraction of sp³-hybridized carbons (Fsp3) is 0.400. The molecule has 7 nitrogen and oxygen atoms in total. The Morgan fingerprint density at radius 1 is 1.43 bits per heavy atom. The van der Waals surface area contributed by atoms with E-state index in [0.717, 1.165) is 0 Å². The minimum atomic E-state index is -1.12. The molecule has 1 heterocycles. The number of carbonyl (C=O) groups excluding carboxylic acids is 1. The fourth-order valence-corrected chi connectivity index (χ4v) is 2.43.